The van der Waals surface area contributed by atoms with Gasteiger partial charge in [0.25, 0.3) is 0 Å². The maximum Gasteiger partial charge on any atom is 0.326 e. The van der Waals surface area contributed by atoms with Gasteiger partial charge in [0.1, 0.15) is 0 Å². The molecule has 0 heterocycles. The minimum absolute atomic E-state index is 0.393. The number of rotatable bonds is 9. The van der Waals surface area contributed by atoms with Gasteiger partial charge >= 0.3 is 11.9 Å². The summed E-state index contributed by atoms with van der Waals surface area (Å²) in [7, 11) is 0. The molecule has 0 aromatic carbocycles. The fourth-order valence-electron chi connectivity index (χ4n) is 1.17. The van der Waals surface area contributed by atoms with Crippen LogP contribution in [0.5, 0.6) is 0 Å². The number of esters is 1. The molecule has 0 N–H and O–H groups in total. The summed E-state index contributed by atoms with van der Waals surface area (Å²) in [6, 6.07) is 0. The van der Waals surface area contributed by atoms with Crippen molar-refractivity contribution < 1.29 is 19.0 Å². The number of hydrogen-bond donors (Lipinski definition) is 0. The van der Waals surface area contributed by atoms with E-state index < -0.39 is 11.9 Å². The lowest BCUT2D eigenvalue weighted by Gasteiger charge is -2.28. The fraction of sp³-hybridized carbons (Fsp3) is 0.917. The standard InChI is InChI=1S/C12H24O4/c1-5-7-9-14-12(4,16-11(3)13)15-10-8-6-2/h5-10H2,1-4H3. The molecule has 4 nitrogen and oxygen atoms in total. The van der Waals surface area contributed by atoms with Gasteiger partial charge in [-0.1, -0.05) is 26.7 Å². The summed E-state index contributed by atoms with van der Waals surface area (Å²) in [6.07, 6.45) is 3.91. The first kappa shape index (κ1) is 15.4. The monoisotopic (exact) mass is 232 g/mol. The Hall–Kier alpha value is -0.610. The SMILES string of the molecule is CCCCOC(C)(OCCCC)OC(C)=O. The molecule has 96 valence electrons. The first-order valence-electron chi connectivity index (χ1n) is 6.01. The van der Waals surface area contributed by atoms with E-state index in [0.29, 0.717) is 13.2 Å². The molecular weight excluding hydrogens is 208 g/mol. The van der Waals surface area contributed by atoms with Gasteiger partial charge in [0.2, 0.25) is 0 Å². The van der Waals surface area contributed by atoms with Gasteiger partial charge < -0.3 is 14.2 Å². The molecule has 0 unspecified atom stereocenters. The summed E-state index contributed by atoms with van der Waals surface area (Å²) in [5.41, 5.74) is 0. The quantitative estimate of drug-likeness (QED) is 0.348. The van der Waals surface area contributed by atoms with Crippen molar-refractivity contribution in [2.45, 2.75) is 59.4 Å². The molecule has 0 saturated heterocycles. The Labute approximate surface area is 98.3 Å². The average molecular weight is 232 g/mol. The number of carbonyl (C=O) groups excluding carboxylic acids is 1. The van der Waals surface area contributed by atoms with E-state index >= 15 is 0 Å². The topological polar surface area (TPSA) is 44.8 Å². The molecule has 0 aliphatic rings. The highest BCUT2D eigenvalue weighted by Crippen LogP contribution is 2.16. The molecule has 0 atom stereocenters. The Bertz CT molecular complexity index is 181. The third-order valence-corrected chi connectivity index (χ3v) is 2.05. The molecule has 0 aromatic rings. The maximum absolute atomic E-state index is 10.9. The highest BCUT2D eigenvalue weighted by atomic mass is 16.9. The summed E-state index contributed by atoms with van der Waals surface area (Å²) >= 11 is 0. The lowest BCUT2D eigenvalue weighted by molar-refractivity contribution is -0.352. The zero-order chi connectivity index (χ0) is 12.4. The zero-order valence-corrected chi connectivity index (χ0v) is 10.9. The summed E-state index contributed by atoms with van der Waals surface area (Å²) in [6.45, 7) is 8.21. The molecule has 0 radical (unpaired) electrons. The molecule has 0 aliphatic carbocycles. The third kappa shape index (κ3) is 7.65. The van der Waals surface area contributed by atoms with Crippen molar-refractivity contribution in [2.24, 2.45) is 0 Å². The number of unbranched alkanes of at least 4 members (excludes halogenated alkanes) is 2. The largest absolute Gasteiger partial charge is 0.408 e. The summed E-state index contributed by atoms with van der Waals surface area (Å²) in [5, 5.41) is 0. The molecule has 16 heavy (non-hydrogen) atoms. The Morgan fingerprint density at radius 1 is 1.06 bits per heavy atom. The Kier molecular flexibility index (Phi) is 8.21. The predicted octanol–water partition coefficient (Wildman–Crippen LogP) is 2.86. The van der Waals surface area contributed by atoms with E-state index in [1.54, 1.807) is 6.92 Å². The maximum atomic E-state index is 10.9. The van der Waals surface area contributed by atoms with Crippen LogP contribution in [-0.2, 0) is 19.0 Å². The Morgan fingerprint density at radius 2 is 1.50 bits per heavy atom. The summed E-state index contributed by atoms with van der Waals surface area (Å²) in [4.78, 5) is 10.9. The second-order valence-corrected chi connectivity index (χ2v) is 3.86. The molecule has 0 rings (SSSR count). The van der Waals surface area contributed by atoms with Crippen LogP contribution in [0.3, 0.4) is 0 Å². The minimum atomic E-state index is -1.23. The van der Waals surface area contributed by atoms with Gasteiger partial charge in [-0.15, -0.1) is 0 Å². The Morgan fingerprint density at radius 3 is 1.81 bits per heavy atom. The molecule has 4 heteroatoms. The highest BCUT2D eigenvalue weighted by molar-refractivity contribution is 5.66. The molecule has 0 saturated carbocycles. The van der Waals surface area contributed by atoms with Crippen molar-refractivity contribution in [3.05, 3.63) is 0 Å². The van der Waals surface area contributed by atoms with Gasteiger partial charge in [0, 0.05) is 13.8 Å². The fourth-order valence-corrected chi connectivity index (χ4v) is 1.17. The summed E-state index contributed by atoms with van der Waals surface area (Å²) < 4.78 is 16.0. The van der Waals surface area contributed by atoms with Gasteiger partial charge in [-0.2, -0.15) is 0 Å². The van der Waals surface area contributed by atoms with Crippen LogP contribution >= 0.6 is 0 Å². The minimum Gasteiger partial charge on any atom is -0.408 e. The number of hydrogen-bond acceptors (Lipinski definition) is 4. The van der Waals surface area contributed by atoms with E-state index in [4.69, 9.17) is 14.2 Å². The normalized spacial score (nSPS) is 11.5. The van der Waals surface area contributed by atoms with E-state index in [9.17, 15) is 4.79 Å². The van der Waals surface area contributed by atoms with Crippen molar-refractivity contribution in [2.75, 3.05) is 13.2 Å². The van der Waals surface area contributed by atoms with E-state index in [2.05, 4.69) is 13.8 Å². The van der Waals surface area contributed by atoms with Crippen LogP contribution in [0.25, 0.3) is 0 Å². The van der Waals surface area contributed by atoms with Crippen LogP contribution in [0.4, 0.5) is 0 Å². The van der Waals surface area contributed by atoms with Gasteiger partial charge in [0.15, 0.2) is 0 Å². The highest BCUT2D eigenvalue weighted by Gasteiger charge is 2.29. The van der Waals surface area contributed by atoms with Crippen LogP contribution in [0.2, 0.25) is 0 Å². The van der Waals surface area contributed by atoms with Crippen LogP contribution in [0.15, 0.2) is 0 Å². The van der Waals surface area contributed by atoms with Crippen LogP contribution in [0.1, 0.15) is 53.4 Å². The molecule has 0 fully saturated rings. The van der Waals surface area contributed by atoms with Gasteiger partial charge in [0.05, 0.1) is 13.2 Å². The van der Waals surface area contributed by atoms with Crippen molar-refractivity contribution >= 4 is 5.97 Å². The second-order valence-electron chi connectivity index (χ2n) is 3.86. The average Bonchev–Trinajstić information content (AvgIpc) is 2.17. The van der Waals surface area contributed by atoms with Crippen molar-refractivity contribution in [1.29, 1.82) is 0 Å². The van der Waals surface area contributed by atoms with Gasteiger partial charge in [-0.25, -0.2) is 0 Å². The first-order valence-corrected chi connectivity index (χ1v) is 6.01. The van der Waals surface area contributed by atoms with E-state index in [1.807, 2.05) is 0 Å². The van der Waals surface area contributed by atoms with E-state index in [-0.39, 0.29) is 0 Å². The van der Waals surface area contributed by atoms with Crippen molar-refractivity contribution in [3.8, 4) is 0 Å². The zero-order valence-electron chi connectivity index (χ0n) is 10.9. The van der Waals surface area contributed by atoms with Gasteiger partial charge in [-0.05, 0) is 12.8 Å². The molecule has 0 amide bonds. The number of carbonyl (C=O) groups is 1. The molecule has 0 spiro atoms. The Balaban J connectivity index is 4.07. The van der Waals surface area contributed by atoms with E-state index in [0.717, 1.165) is 25.7 Å². The molecule has 0 bridgehead atoms. The third-order valence-electron chi connectivity index (χ3n) is 2.05. The van der Waals surface area contributed by atoms with Crippen LogP contribution in [-0.4, -0.2) is 25.2 Å². The van der Waals surface area contributed by atoms with Crippen LogP contribution < -0.4 is 0 Å². The molecule has 0 aliphatic heterocycles. The first-order chi connectivity index (χ1) is 7.54. The lowest BCUT2D eigenvalue weighted by atomic mass is 10.3. The number of ether oxygens (including phenoxy) is 3. The van der Waals surface area contributed by atoms with Crippen molar-refractivity contribution in [3.63, 3.8) is 0 Å². The van der Waals surface area contributed by atoms with Crippen LogP contribution in [0, 0.1) is 0 Å². The predicted molar refractivity (Wildman–Crippen MR) is 61.9 cm³/mol. The lowest BCUT2D eigenvalue weighted by Crippen LogP contribution is -2.38. The molecule has 0 aromatic heterocycles. The van der Waals surface area contributed by atoms with E-state index in [1.165, 1.54) is 6.92 Å². The van der Waals surface area contributed by atoms with Crippen molar-refractivity contribution in [1.82, 2.24) is 0 Å². The smallest absolute Gasteiger partial charge is 0.326 e. The van der Waals surface area contributed by atoms with Gasteiger partial charge in [-0.3, -0.25) is 4.79 Å². The molecular formula is C12H24O4. The summed E-state index contributed by atoms with van der Waals surface area (Å²) in [5.74, 6) is -1.62. The second kappa shape index (κ2) is 8.53.